The molecule has 2 N–H and O–H groups in total. The summed E-state index contributed by atoms with van der Waals surface area (Å²) in [4.78, 5) is 44.4. The van der Waals surface area contributed by atoms with Crippen LogP contribution in [-0.4, -0.2) is 48.2 Å². The summed E-state index contributed by atoms with van der Waals surface area (Å²) in [5, 5.41) is 6.92. The Morgan fingerprint density at radius 2 is 2.04 bits per heavy atom. The van der Waals surface area contributed by atoms with Crippen molar-refractivity contribution in [2.45, 2.75) is 0 Å². The number of thiophene rings is 1. The molecule has 0 saturated carbocycles. The fraction of sp³-hybridized carbons (Fsp3) is 0.188. The van der Waals surface area contributed by atoms with Crippen LogP contribution >= 0.6 is 22.7 Å². The van der Waals surface area contributed by atoms with Gasteiger partial charge in [0.1, 0.15) is 17.1 Å². The zero-order chi connectivity index (χ0) is 19.2. The standard InChI is InChI=1S/C16H14N4O5S2/c1-24-5-6-25-16(23)20-12(21)9-3-7-26-14(9)19-13(22)15-18-10-8-17-4-2-11(10)27-15/h2-4,7-8H,5-6H2,1H3,(H,19,22)(H,20,21,23). The number of alkyl carbamates (subject to hydrolysis) is 1. The van der Waals surface area contributed by atoms with Gasteiger partial charge in [-0.15, -0.1) is 22.7 Å². The van der Waals surface area contributed by atoms with Gasteiger partial charge in [0, 0.05) is 13.3 Å². The third kappa shape index (κ3) is 4.64. The summed E-state index contributed by atoms with van der Waals surface area (Å²) in [5.74, 6) is -1.13. The minimum atomic E-state index is -0.890. The Morgan fingerprint density at radius 3 is 2.81 bits per heavy atom. The number of fused-ring (bicyclic) bond motifs is 1. The van der Waals surface area contributed by atoms with E-state index in [1.807, 2.05) is 0 Å². The average Bonchev–Trinajstić information content (AvgIpc) is 3.28. The number of imide groups is 1. The molecular weight excluding hydrogens is 392 g/mol. The quantitative estimate of drug-likeness (QED) is 0.604. The molecule has 140 valence electrons. The molecule has 0 spiro atoms. The molecule has 9 nitrogen and oxygen atoms in total. The number of pyridine rings is 1. The van der Waals surface area contributed by atoms with Gasteiger partial charge in [-0.2, -0.15) is 0 Å². The van der Waals surface area contributed by atoms with Gasteiger partial charge in [-0.25, -0.2) is 9.78 Å². The number of rotatable bonds is 6. The van der Waals surface area contributed by atoms with Crippen molar-refractivity contribution in [3.8, 4) is 0 Å². The molecule has 0 saturated heterocycles. The molecule has 0 aliphatic rings. The monoisotopic (exact) mass is 406 g/mol. The van der Waals surface area contributed by atoms with Crippen molar-refractivity contribution in [3.63, 3.8) is 0 Å². The van der Waals surface area contributed by atoms with E-state index in [2.05, 4.69) is 20.6 Å². The Bertz CT molecular complexity index is 951. The fourth-order valence-corrected chi connectivity index (χ4v) is 3.64. The van der Waals surface area contributed by atoms with Crippen LogP contribution in [0.4, 0.5) is 9.80 Å². The summed E-state index contributed by atoms with van der Waals surface area (Å²) < 4.78 is 10.4. The lowest BCUT2D eigenvalue weighted by Crippen LogP contribution is -2.32. The van der Waals surface area contributed by atoms with Crippen molar-refractivity contribution in [2.24, 2.45) is 0 Å². The van der Waals surface area contributed by atoms with E-state index in [4.69, 9.17) is 9.47 Å². The Hall–Kier alpha value is -2.89. The topological polar surface area (TPSA) is 120 Å². The van der Waals surface area contributed by atoms with Gasteiger partial charge in [0.05, 0.1) is 23.1 Å². The first-order valence-electron chi connectivity index (χ1n) is 7.65. The van der Waals surface area contributed by atoms with Crippen LogP contribution in [0.2, 0.25) is 0 Å². The maximum atomic E-state index is 12.4. The highest BCUT2D eigenvalue weighted by Crippen LogP contribution is 2.26. The lowest BCUT2D eigenvalue weighted by molar-refractivity contribution is 0.0845. The smallest absolute Gasteiger partial charge is 0.414 e. The lowest BCUT2D eigenvalue weighted by Gasteiger charge is -2.07. The van der Waals surface area contributed by atoms with Gasteiger partial charge in [0.25, 0.3) is 11.8 Å². The molecule has 3 aromatic heterocycles. The van der Waals surface area contributed by atoms with Crippen LogP contribution in [0, 0.1) is 0 Å². The van der Waals surface area contributed by atoms with Gasteiger partial charge in [-0.3, -0.25) is 19.9 Å². The number of anilines is 1. The van der Waals surface area contributed by atoms with E-state index >= 15 is 0 Å². The number of aromatic nitrogens is 2. The number of thiazole rings is 1. The van der Waals surface area contributed by atoms with Gasteiger partial charge in [-0.1, -0.05) is 0 Å². The van der Waals surface area contributed by atoms with Crippen LogP contribution in [-0.2, 0) is 9.47 Å². The molecule has 11 heteroatoms. The van der Waals surface area contributed by atoms with Crippen molar-refractivity contribution < 1.29 is 23.9 Å². The molecule has 3 heterocycles. The van der Waals surface area contributed by atoms with E-state index in [1.54, 1.807) is 23.8 Å². The minimum absolute atomic E-state index is 0.0231. The van der Waals surface area contributed by atoms with Gasteiger partial charge >= 0.3 is 6.09 Å². The SMILES string of the molecule is COCCOC(=O)NC(=O)c1ccsc1NC(=O)c1nc2cnccc2s1. The van der Waals surface area contributed by atoms with Crippen LogP contribution in [0.25, 0.3) is 10.2 Å². The first kappa shape index (κ1) is 18.9. The van der Waals surface area contributed by atoms with E-state index in [1.165, 1.54) is 24.5 Å². The van der Waals surface area contributed by atoms with Crippen LogP contribution in [0.1, 0.15) is 20.2 Å². The van der Waals surface area contributed by atoms with Crippen LogP contribution in [0.5, 0.6) is 0 Å². The molecular formula is C16H14N4O5S2. The van der Waals surface area contributed by atoms with E-state index in [-0.39, 0.29) is 23.8 Å². The van der Waals surface area contributed by atoms with Crippen LogP contribution in [0.3, 0.4) is 0 Å². The predicted octanol–water partition coefficient (Wildman–Crippen LogP) is 2.52. The number of hydrogen-bond acceptors (Lipinski definition) is 9. The van der Waals surface area contributed by atoms with Crippen LogP contribution in [0.15, 0.2) is 29.9 Å². The summed E-state index contributed by atoms with van der Waals surface area (Å²) in [6, 6.07) is 3.27. The summed E-state index contributed by atoms with van der Waals surface area (Å²) >= 11 is 2.37. The number of nitrogens with zero attached hydrogens (tertiary/aromatic N) is 2. The number of hydrogen-bond donors (Lipinski definition) is 2. The number of carbonyl (C=O) groups is 3. The number of amides is 3. The second-order valence-electron chi connectivity index (χ2n) is 5.06. The fourth-order valence-electron chi connectivity index (χ4n) is 2.03. The molecule has 0 unspecified atom stereocenters. The van der Waals surface area contributed by atoms with E-state index in [0.29, 0.717) is 10.5 Å². The van der Waals surface area contributed by atoms with Gasteiger partial charge in [0.2, 0.25) is 0 Å². The number of nitrogens with one attached hydrogen (secondary N) is 2. The van der Waals surface area contributed by atoms with Crippen molar-refractivity contribution in [1.29, 1.82) is 0 Å². The van der Waals surface area contributed by atoms with E-state index in [9.17, 15) is 14.4 Å². The largest absolute Gasteiger partial charge is 0.447 e. The average molecular weight is 406 g/mol. The van der Waals surface area contributed by atoms with Gasteiger partial charge in [-0.05, 0) is 17.5 Å². The lowest BCUT2D eigenvalue weighted by atomic mass is 10.3. The van der Waals surface area contributed by atoms with Crippen molar-refractivity contribution in [1.82, 2.24) is 15.3 Å². The summed E-state index contributed by atoms with van der Waals surface area (Å²) in [7, 11) is 1.47. The Morgan fingerprint density at radius 1 is 1.19 bits per heavy atom. The predicted molar refractivity (Wildman–Crippen MR) is 100 cm³/mol. The minimum Gasteiger partial charge on any atom is -0.447 e. The second-order valence-corrected chi connectivity index (χ2v) is 7.01. The van der Waals surface area contributed by atoms with E-state index < -0.39 is 17.9 Å². The van der Waals surface area contributed by atoms with E-state index in [0.717, 1.165) is 16.0 Å². The normalized spacial score (nSPS) is 10.6. The number of carbonyl (C=O) groups excluding carboxylic acids is 3. The summed E-state index contributed by atoms with van der Waals surface area (Å²) in [6.07, 6.45) is 2.30. The van der Waals surface area contributed by atoms with Crippen LogP contribution < -0.4 is 10.6 Å². The molecule has 0 aliphatic heterocycles. The number of ether oxygens (including phenoxy) is 2. The zero-order valence-corrected chi connectivity index (χ0v) is 15.7. The Balaban J connectivity index is 1.66. The third-order valence-corrected chi connectivity index (χ3v) is 5.12. The summed E-state index contributed by atoms with van der Waals surface area (Å²) in [6.45, 7) is 0.244. The van der Waals surface area contributed by atoms with Gasteiger partial charge < -0.3 is 14.8 Å². The first-order chi connectivity index (χ1) is 13.1. The maximum absolute atomic E-state index is 12.4. The molecule has 0 aliphatic carbocycles. The third-order valence-electron chi connectivity index (χ3n) is 3.26. The Labute approximate surface area is 161 Å². The molecule has 3 aromatic rings. The van der Waals surface area contributed by atoms with Crippen molar-refractivity contribution >= 4 is 55.8 Å². The molecule has 0 fully saturated rings. The molecule has 27 heavy (non-hydrogen) atoms. The Kier molecular flexibility index (Phi) is 6.06. The molecule has 0 aromatic carbocycles. The molecule has 0 radical (unpaired) electrons. The zero-order valence-electron chi connectivity index (χ0n) is 14.1. The van der Waals surface area contributed by atoms with Crippen molar-refractivity contribution in [3.05, 3.63) is 40.5 Å². The number of methoxy groups -OCH3 is 1. The highest BCUT2D eigenvalue weighted by Gasteiger charge is 2.20. The van der Waals surface area contributed by atoms with Gasteiger partial charge in [0.15, 0.2) is 5.01 Å². The molecule has 3 rings (SSSR count). The van der Waals surface area contributed by atoms with Crippen molar-refractivity contribution in [2.75, 3.05) is 25.6 Å². The highest BCUT2D eigenvalue weighted by atomic mass is 32.1. The second kappa shape index (κ2) is 8.66. The highest BCUT2D eigenvalue weighted by molar-refractivity contribution is 7.20. The molecule has 0 bridgehead atoms. The summed E-state index contributed by atoms with van der Waals surface area (Å²) in [5.41, 5.74) is 0.774. The maximum Gasteiger partial charge on any atom is 0.414 e. The molecule has 0 atom stereocenters. The molecule has 3 amide bonds. The first-order valence-corrected chi connectivity index (χ1v) is 9.34.